The fourth-order valence-electron chi connectivity index (χ4n) is 2.83. The van der Waals surface area contributed by atoms with Gasteiger partial charge in [-0.15, -0.1) is 0 Å². The second kappa shape index (κ2) is 6.33. The summed E-state index contributed by atoms with van der Waals surface area (Å²) in [6.07, 6.45) is 12.4. The SMILES string of the molecule is [CH3][Pb]([CH3])([CH3])[C]1=[C]([Ti][C]2=[C]([Pb]([CH3])([CH3])[CH3])C=CC2)CC=C1.[H-].[H-]. The number of allylic oxidation sites excluding steroid dienone is 8. The van der Waals surface area contributed by atoms with Crippen LogP contribution in [0.1, 0.15) is 15.7 Å². The third kappa shape index (κ3) is 4.26. The number of hydrogen-bond donors (Lipinski definition) is 0. The molecule has 0 aromatic rings. The maximum absolute atomic E-state index is 2.58. The van der Waals surface area contributed by atoms with Crippen LogP contribution in [0.25, 0.3) is 0 Å². The summed E-state index contributed by atoms with van der Waals surface area (Å²) >= 11 is -4.00. The first-order valence-electron chi connectivity index (χ1n) is 7.27. The molecule has 0 spiro atoms. The molecule has 0 atom stereocenters. The van der Waals surface area contributed by atoms with E-state index in [1.165, 1.54) is 12.8 Å². The van der Waals surface area contributed by atoms with Gasteiger partial charge < -0.3 is 2.85 Å². The Kier molecular flexibility index (Phi) is 5.62. The number of rotatable bonds is 4. The predicted octanol–water partition coefficient (Wildman–Crippen LogP) is 5.48. The maximum Gasteiger partial charge on any atom is -1.00 e. The van der Waals surface area contributed by atoms with Gasteiger partial charge in [0, 0.05) is 0 Å². The minimum Gasteiger partial charge on any atom is -1.00 e. The summed E-state index contributed by atoms with van der Waals surface area (Å²) in [5.41, 5.74) is 0. The third-order valence-electron chi connectivity index (χ3n) is 3.78. The minimum atomic E-state index is -2.00. The van der Waals surface area contributed by atoms with Crippen LogP contribution in [-0.2, 0) is 19.2 Å². The van der Waals surface area contributed by atoms with E-state index in [1.54, 1.807) is 0 Å². The molecule has 0 heterocycles. The van der Waals surface area contributed by atoms with Gasteiger partial charge in [-0.2, -0.15) is 0 Å². The summed E-state index contributed by atoms with van der Waals surface area (Å²) in [5.74, 6) is 0. The fourth-order valence-corrected chi connectivity index (χ4v) is 29.7. The van der Waals surface area contributed by atoms with Gasteiger partial charge >= 0.3 is 140 Å². The molecule has 0 aromatic carbocycles. The van der Waals surface area contributed by atoms with Crippen LogP contribution >= 0.6 is 0 Å². The Labute approximate surface area is 140 Å². The zero-order valence-electron chi connectivity index (χ0n) is 15.2. The summed E-state index contributed by atoms with van der Waals surface area (Å²) in [5, 5.41) is 0. The van der Waals surface area contributed by atoms with Crippen molar-refractivity contribution in [3.05, 3.63) is 38.3 Å². The maximum atomic E-state index is 2.58. The summed E-state index contributed by atoms with van der Waals surface area (Å²) in [6.45, 7) is 0. The van der Waals surface area contributed by atoms with Crippen molar-refractivity contribution in [1.29, 1.82) is 0 Å². The molecule has 106 valence electrons. The Bertz CT molecular complexity index is 457. The molecule has 0 nitrogen and oxygen atoms in total. The van der Waals surface area contributed by atoms with Crippen LogP contribution in [0.2, 0.25) is 26.9 Å². The molecule has 0 amide bonds. The molecule has 0 aliphatic heterocycles. The summed E-state index contributed by atoms with van der Waals surface area (Å²) in [7, 11) is 0. The molecule has 2 rings (SSSR count). The van der Waals surface area contributed by atoms with Crippen LogP contribution in [0, 0.1) is 0 Å². The molecule has 0 N–H and O–H groups in total. The van der Waals surface area contributed by atoms with E-state index in [-0.39, 0.29) is 22.0 Å². The second-order valence-electron chi connectivity index (χ2n) is 7.62. The van der Waals surface area contributed by atoms with Gasteiger partial charge in [0.25, 0.3) is 0 Å². The van der Waals surface area contributed by atoms with Crippen molar-refractivity contribution in [3.8, 4) is 0 Å². The minimum absolute atomic E-state index is 0. The Morgan fingerprint density at radius 3 is 1.47 bits per heavy atom. The average molecular weight is 683 g/mol. The molecular weight excluding hydrogens is 654 g/mol. The smallest absolute Gasteiger partial charge is 1.00 e. The van der Waals surface area contributed by atoms with Gasteiger partial charge in [0.15, 0.2) is 0 Å². The van der Waals surface area contributed by atoms with Crippen molar-refractivity contribution in [2.24, 2.45) is 0 Å². The number of hydrogen-bond acceptors (Lipinski definition) is 0. The van der Waals surface area contributed by atoms with Gasteiger partial charge in [0.2, 0.25) is 0 Å². The van der Waals surface area contributed by atoms with Crippen LogP contribution in [0.4, 0.5) is 0 Å². The topological polar surface area (TPSA) is 0 Å². The Balaban J connectivity index is 0.00000200. The van der Waals surface area contributed by atoms with Crippen LogP contribution < -0.4 is 0 Å². The molecular formula is C16H28Pb2Ti-2. The normalized spacial score (nSPS) is 19.9. The molecule has 2 aliphatic rings. The first-order chi connectivity index (χ1) is 8.69. The standard InChI is InChI=1S/2C5H4.6CH3.2Pb.Ti.2H/c2*1-2-4-5-3-1;;;;;;;;;;;/h2*1-2H,3H2;6*1H3;;;;;/q;;;;;;;;;;;2*-1. The van der Waals surface area contributed by atoms with Gasteiger partial charge in [0.05, 0.1) is 0 Å². The van der Waals surface area contributed by atoms with Crippen LogP contribution in [0.5, 0.6) is 0 Å². The van der Waals surface area contributed by atoms with Gasteiger partial charge in [-0.05, 0) is 0 Å². The molecule has 0 bridgehead atoms. The van der Waals surface area contributed by atoms with Crippen molar-refractivity contribution < 1.29 is 22.0 Å². The first-order valence-corrected chi connectivity index (χ1v) is 36.0. The van der Waals surface area contributed by atoms with E-state index in [2.05, 4.69) is 51.2 Å². The van der Waals surface area contributed by atoms with Gasteiger partial charge in [-0.3, -0.25) is 0 Å². The van der Waals surface area contributed by atoms with Crippen LogP contribution in [-0.4, -0.2) is 42.3 Å². The predicted molar refractivity (Wildman–Crippen MR) is 90.5 cm³/mol. The van der Waals surface area contributed by atoms with Crippen molar-refractivity contribution in [2.75, 3.05) is 0 Å². The van der Waals surface area contributed by atoms with Crippen molar-refractivity contribution >= 4 is 42.3 Å². The Morgan fingerprint density at radius 1 is 0.789 bits per heavy atom. The summed E-state index contributed by atoms with van der Waals surface area (Å²) in [6, 6.07) is 0. The molecule has 3 heteroatoms. The van der Waals surface area contributed by atoms with E-state index in [0.717, 1.165) is 0 Å². The summed E-state index contributed by atoms with van der Waals surface area (Å²) < 4.78 is 23.0. The largest absolute Gasteiger partial charge is 1.00 e. The van der Waals surface area contributed by atoms with Gasteiger partial charge in [-0.25, -0.2) is 0 Å². The zero-order chi connectivity index (χ0) is 14.3. The van der Waals surface area contributed by atoms with E-state index in [4.69, 9.17) is 0 Å². The first kappa shape index (κ1) is 16.9. The third-order valence-corrected chi connectivity index (χ3v) is 25.4. The van der Waals surface area contributed by atoms with E-state index in [0.29, 0.717) is 0 Å². The van der Waals surface area contributed by atoms with E-state index >= 15 is 0 Å². The molecule has 0 saturated heterocycles. The molecule has 0 aromatic heterocycles. The molecule has 2 aliphatic carbocycles. The van der Waals surface area contributed by atoms with Crippen LogP contribution in [0.15, 0.2) is 38.3 Å². The molecule has 19 heavy (non-hydrogen) atoms. The van der Waals surface area contributed by atoms with Gasteiger partial charge in [0.1, 0.15) is 0 Å². The van der Waals surface area contributed by atoms with E-state index < -0.39 is 42.3 Å². The molecule has 0 saturated carbocycles. The van der Waals surface area contributed by atoms with Crippen molar-refractivity contribution in [3.63, 3.8) is 0 Å². The fraction of sp³-hybridized carbons (Fsp3) is 0.500. The second-order valence-corrected chi connectivity index (χ2v) is 49.1. The zero-order valence-corrected chi connectivity index (χ0v) is 22.6. The monoisotopic (exact) mass is 684 g/mol. The van der Waals surface area contributed by atoms with Gasteiger partial charge in [-0.1, -0.05) is 0 Å². The average Bonchev–Trinajstić information content (AvgIpc) is 2.83. The Morgan fingerprint density at radius 2 is 1.16 bits per heavy atom. The molecule has 0 unspecified atom stereocenters. The van der Waals surface area contributed by atoms with Crippen molar-refractivity contribution in [1.82, 2.24) is 0 Å². The quantitative estimate of drug-likeness (QED) is 0.345. The molecule has 0 radical (unpaired) electrons. The van der Waals surface area contributed by atoms with E-state index in [1.807, 2.05) is 14.0 Å². The summed E-state index contributed by atoms with van der Waals surface area (Å²) in [4.78, 5) is 0. The molecule has 0 fully saturated rings. The Hall–Kier alpha value is 1.52. The van der Waals surface area contributed by atoms with Crippen molar-refractivity contribution in [2.45, 2.75) is 39.7 Å². The van der Waals surface area contributed by atoms with Crippen LogP contribution in [0.3, 0.4) is 0 Å². The van der Waals surface area contributed by atoms with E-state index in [9.17, 15) is 0 Å².